The Morgan fingerprint density at radius 3 is 2.77 bits per heavy atom. The third kappa shape index (κ3) is 5.34. The van der Waals surface area contributed by atoms with Crippen molar-refractivity contribution in [3.05, 3.63) is 29.8 Å². The zero-order chi connectivity index (χ0) is 16.0. The number of aryl methyl sites for hydroxylation is 1. The number of ether oxygens (including phenoxy) is 1. The van der Waals surface area contributed by atoms with E-state index in [0.717, 1.165) is 24.2 Å². The summed E-state index contributed by atoms with van der Waals surface area (Å²) < 4.78 is 6.00. The van der Waals surface area contributed by atoms with Gasteiger partial charge in [0.15, 0.2) is 0 Å². The number of carbonyl (C=O) groups is 1. The number of nitrogens with one attached hydrogen (secondary N) is 1. The molecule has 0 saturated heterocycles. The molecular formula is C18H28N2O2. The van der Waals surface area contributed by atoms with Gasteiger partial charge in [0.1, 0.15) is 5.75 Å². The molecule has 0 atom stereocenters. The number of hydrogen-bond donors (Lipinski definition) is 2. The van der Waals surface area contributed by atoms with Crippen molar-refractivity contribution in [1.82, 2.24) is 5.32 Å². The fraction of sp³-hybridized carbons (Fsp3) is 0.611. The number of rotatable bonds is 7. The molecule has 22 heavy (non-hydrogen) atoms. The van der Waals surface area contributed by atoms with Gasteiger partial charge in [0.2, 0.25) is 5.91 Å². The number of amides is 1. The van der Waals surface area contributed by atoms with E-state index >= 15 is 0 Å². The molecule has 0 radical (unpaired) electrons. The summed E-state index contributed by atoms with van der Waals surface area (Å²) in [5.74, 6) is 0.963. The number of benzene rings is 1. The molecule has 1 aliphatic carbocycles. The number of carbonyl (C=O) groups excluding carboxylic acids is 1. The Hall–Kier alpha value is -1.55. The Bertz CT molecular complexity index is 494. The number of nitrogens with two attached hydrogens (primary N) is 1. The van der Waals surface area contributed by atoms with Crippen molar-refractivity contribution in [3.8, 4) is 5.75 Å². The highest BCUT2D eigenvalue weighted by Crippen LogP contribution is 2.24. The fourth-order valence-corrected chi connectivity index (χ4v) is 2.72. The van der Waals surface area contributed by atoms with Gasteiger partial charge in [-0.2, -0.15) is 0 Å². The molecule has 0 unspecified atom stereocenters. The summed E-state index contributed by atoms with van der Waals surface area (Å²) >= 11 is 0. The van der Waals surface area contributed by atoms with Crippen molar-refractivity contribution in [2.45, 2.75) is 64.0 Å². The van der Waals surface area contributed by atoms with Crippen molar-refractivity contribution in [2.24, 2.45) is 5.73 Å². The van der Waals surface area contributed by atoms with Crippen LogP contribution in [0.15, 0.2) is 24.3 Å². The lowest BCUT2D eigenvalue weighted by Crippen LogP contribution is -2.48. The average molecular weight is 304 g/mol. The maximum Gasteiger partial charge on any atom is 0.220 e. The molecule has 0 aliphatic heterocycles. The first-order valence-corrected chi connectivity index (χ1v) is 8.25. The predicted octanol–water partition coefficient (Wildman–Crippen LogP) is 2.79. The van der Waals surface area contributed by atoms with Crippen LogP contribution in [-0.2, 0) is 11.2 Å². The van der Waals surface area contributed by atoms with Crippen molar-refractivity contribution >= 4 is 5.91 Å². The van der Waals surface area contributed by atoms with Crippen molar-refractivity contribution in [1.29, 1.82) is 0 Å². The minimum atomic E-state index is -0.343. The van der Waals surface area contributed by atoms with Gasteiger partial charge in [0, 0.05) is 18.5 Å². The summed E-state index contributed by atoms with van der Waals surface area (Å²) in [6, 6.07) is 8.10. The van der Waals surface area contributed by atoms with Crippen LogP contribution in [0.3, 0.4) is 0 Å². The molecule has 1 aromatic rings. The molecule has 1 amide bonds. The summed E-state index contributed by atoms with van der Waals surface area (Å²) in [5, 5.41) is 2.95. The first-order chi connectivity index (χ1) is 10.5. The van der Waals surface area contributed by atoms with Crippen LogP contribution >= 0.6 is 0 Å². The van der Waals surface area contributed by atoms with E-state index in [1.807, 2.05) is 32.0 Å². The quantitative estimate of drug-likeness (QED) is 0.814. The van der Waals surface area contributed by atoms with Gasteiger partial charge in [0.05, 0.1) is 6.10 Å². The maximum atomic E-state index is 12.0. The second-order valence-corrected chi connectivity index (χ2v) is 6.81. The molecule has 4 nitrogen and oxygen atoms in total. The second-order valence-electron chi connectivity index (χ2n) is 6.81. The Balaban J connectivity index is 1.83. The summed E-state index contributed by atoms with van der Waals surface area (Å²) in [4.78, 5) is 12.0. The van der Waals surface area contributed by atoms with Gasteiger partial charge in [0.25, 0.3) is 0 Å². The summed E-state index contributed by atoms with van der Waals surface area (Å²) in [6.07, 6.45) is 6.39. The average Bonchev–Trinajstić information content (AvgIpc) is 2.98. The molecule has 0 heterocycles. The van der Waals surface area contributed by atoms with Gasteiger partial charge in [-0.25, -0.2) is 0 Å². The molecule has 2 rings (SSSR count). The minimum absolute atomic E-state index is 0.0394. The van der Waals surface area contributed by atoms with Crippen LogP contribution in [0.2, 0.25) is 0 Å². The van der Waals surface area contributed by atoms with Crippen LogP contribution in [0.4, 0.5) is 0 Å². The molecule has 122 valence electrons. The van der Waals surface area contributed by atoms with Crippen molar-refractivity contribution in [2.75, 3.05) is 6.54 Å². The molecule has 1 aromatic carbocycles. The first kappa shape index (κ1) is 16.8. The highest BCUT2D eigenvalue weighted by molar-refractivity contribution is 5.77. The van der Waals surface area contributed by atoms with E-state index in [-0.39, 0.29) is 11.4 Å². The lowest BCUT2D eigenvalue weighted by molar-refractivity contribution is -0.122. The van der Waals surface area contributed by atoms with Crippen molar-refractivity contribution in [3.63, 3.8) is 0 Å². The van der Waals surface area contributed by atoms with Crippen LogP contribution in [0.5, 0.6) is 5.75 Å². The van der Waals surface area contributed by atoms with Gasteiger partial charge in [-0.05, 0) is 63.6 Å². The van der Waals surface area contributed by atoms with Crippen LogP contribution in [-0.4, -0.2) is 24.1 Å². The monoisotopic (exact) mass is 304 g/mol. The molecular weight excluding hydrogens is 276 g/mol. The van der Waals surface area contributed by atoms with Gasteiger partial charge in [-0.3, -0.25) is 4.79 Å². The van der Waals surface area contributed by atoms with Crippen LogP contribution in [0.1, 0.15) is 51.5 Å². The number of hydrogen-bond acceptors (Lipinski definition) is 3. The summed E-state index contributed by atoms with van der Waals surface area (Å²) in [5.41, 5.74) is 6.42. The molecule has 0 spiro atoms. The van der Waals surface area contributed by atoms with Crippen LogP contribution in [0.25, 0.3) is 0 Å². The Kier molecular flexibility index (Phi) is 5.83. The third-order valence-electron chi connectivity index (χ3n) is 4.13. The largest absolute Gasteiger partial charge is 0.490 e. The molecule has 1 saturated carbocycles. The molecule has 4 heteroatoms. The first-order valence-electron chi connectivity index (χ1n) is 8.25. The topological polar surface area (TPSA) is 64.3 Å². The summed E-state index contributed by atoms with van der Waals surface area (Å²) in [7, 11) is 0. The molecule has 1 fully saturated rings. The SMILES string of the molecule is CC(C)(CN)NC(=O)CCc1cccc(OC2CCCC2)c1. The zero-order valence-corrected chi connectivity index (χ0v) is 13.7. The zero-order valence-electron chi connectivity index (χ0n) is 13.7. The van der Waals surface area contributed by atoms with E-state index in [1.54, 1.807) is 0 Å². The lowest BCUT2D eigenvalue weighted by Gasteiger charge is -2.24. The predicted molar refractivity (Wildman–Crippen MR) is 88.9 cm³/mol. The lowest BCUT2D eigenvalue weighted by atomic mass is 10.0. The van der Waals surface area contributed by atoms with Crippen LogP contribution < -0.4 is 15.8 Å². The van der Waals surface area contributed by atoms with Crippen molar-refractivity contribution < 1.29 is 9.53 Å². The van der Waals surface area contributed by atoms with Gasteiger partial charge >= 0.3 is 0 Å². The normalized spacial score (nSPS) is 15.8. The van der Waals surface area contributed by atoms with Gasteiger partial charge < -0.3 is 15.8 Å². The van der Waals surface area contributed by atoms with Gasteiger partial charge in [-0.1, -0.05) is 12.1 Å². The molecule has 1 aliphatic rings. The standard InChI is InChI=1S/C18H28N2O2/c1-18(2,13-19)20-17(21)11-10-14-6-5-9-16(12-14)22-15-7-3-4-8-15/h5-6,9,12,15H,3-4,7-8,10-11,13,19H2,1-2H3,(H,20,21). The highest BCUT2D eigenvalue weighted by atomic mass is 16.5. The van der Waals surface area contributed by atoms with E-state index in [0.29, 0.717) is 25.5 Å². The van der Waals surface area contributed by atoms with Gasteiger partial charge in [-0.15, -0.1) is 0 Å². The molecule has 0 bridgehead atoms. The van der Waals surface area contributed by atoms with E-state index in [4.69, 9.17) is 10.5 Å². The second kappa shape index (κ2) is 7.63. The highest BCUT2D eigenvalue weighted by Gasteiger charge is 2.18. The van der Waals surface area contributed by atoms with E-state index in [1.165, 1.54) is 12.8 Å². The van der Waals surface area contributed by atoms with E-state index in [9.17, 15) is 4.79 Å². The Morgan fingerprint density at radius 1 is 1.36 bits per heavy atom. The summed E-state index contributed by atoms with van der Waals surface area (Å²) in [6.45, 7) is 4.30. The minimum Gasteiger partial charge on any atom is -0.490 e. The third-order valence-corrected chi connectivity index (χ3v) is 4.13. The fourth-order valence-electron chi connectivity index (χ4n) is 2.72. The Morgan fingerprint density at radius 2 is 2.09 bits per heavy atom. The maximum absolute atomic E-state index is 12.0. The van der Waals surface area contributed by atoms with Crippen LogP contribution in [0, 0.1) is 0 Å². The molecule has 3 N–H and O–H groups in total. The van der Waals surface area contributed by atoms with E-state index in [2.05, 4.69) is 11.4 Å². The Labute approximate surface area is 133 Å². The smallest absolute Gasteiger partial charge is 0.220 e. The molecule has 0 aromatic heterocycles. The van der Waals surface area contributed by atoms with E-state index < -0.39 is 0 Å².